The highest BCUT2D eigenvalue weighted by atomic mass is 79.9. The van der Waals surface area contributed by atoms with Crippen LogP contribution in [0.25, 0.3) is 0 Å². The molecule has 1 aliphatic heterocycles. The molecule has 0 amide bonds. The molecule has 0 spiro atoms. The van der Waals surface area contributed by atoms with Crippen LogP contribution in [-0.2, 0) is 10.8 Å². The molecule has 2 rings (SSSR count). The van der Waals surface area contributed by atoms with Gasteiger partial charge in [0.2, 0.25) is 0 Å². The summed E-state index contributed by atoms with van der Waals surface area (Å²) in [5.41, 5.74) is 2.55. The molecule has 100 valence electrons. The van der Waals surface area contributed by atoms with Crippen LogP contribution < -0.4 is 10.2 Å². The van der Waals surface area contributed by atoms with Crippen molar-refractivity contribution in [1.29, 1.82) is 0 Å². The van der Waals surface area contributed by atoms with Gasteiger partial charge in [-0.1, -0.05) is 15.9 Å². The minimum Gasteiger partial charge on any atom is -0.369 e. The van der Waals surface area contributed by atoms with Crippen molar-refractivity contribution in [1.82, 2.24) is 5.32 Å². The Labute approximate surface area is 120 Å². The van der Waals surface area contributed by atoms with Gasteiger partial charge in [-0.25, -0.2) is 0 Å². The summed E-state index contributed by atoms with van der Waals surface area (Å²) in [5.74, 6) is 1.56. The van der Waals surface area contributed by atoms with Gasteiger partial charge in [-0.05, 0) is 37.7 Å². The van der Waals surface area contributed by atoms with Gasteiger partial charge in [0.1, 0.15) is 0 Å². The number of nitrogens with zero attached hydrogens (tertiary/aromatic N) is 1. The number of nitrogens with one attached hydrogen (secondary N) is 1. The summed E-state index contributed by atoms with van der Waals surface area (Å²) in [5, 5.41) is 3.29. The lowest BCUT2D eigenvalue weighted by Gasteiger charge is -2.31. The summed E-state index contributed by atoms with van der Waals surface area (Å²) in [7, 11) is 1.35. The Kier molecular flexibility index (Phi) is 4.81. The molecule has 1 saturated heterocycles. The fourth-order valence-corrected chi connectivity index (χ4v) is 3.63. The zero-order valence-electron chi connectivity index (χ0n) is 10.8. The number of rotatable bonds is 3. The maximum absolute atomic E-state index is 11.4. The van der Waals surface area contributed by atoms with Crippen molar-refractivity contribution < 1.29 is 4.21 Å². The molecule has 0 aliphatic carbocycles. The average Bonchev–Trinajstić information content (AvgIpc) is 2.39. The second-order valence-electron chi connectivity index (χ2n) is 4.55. The van der Waals surface area contributed by atoms with Crippen LogP contribution in [0.2, 0.25) is 0 Å². The molecule has 1 heterocycles. The van der Waals surface area contributed by atoms with Crippen molar-refractivity contribution in [3.05, 3.63) is 28.2 Å². The van der Waals surface area contributed by atoms with Crippen molar-refractivity contribution in [3.8, 4) is 0 Å². The van der Waals surface area contributed by atoms with Crippen LogP contribution in [0, 0.1) is 0 Å². The van der Waals surface area contributed by atoms with E-state index in [0.29, 0.717) is 6.04 Å². The molecule has 5 heteroatoms. The van der Waals surface area contributed by atoms with E-state index >= 15 is 0 Å². The van der Waals surface area contributed by atoms with Gasteiger partial charge in [-0.15, -0.1) is 0 Å². The minimum absolute atomic E-state index is 0.310. The molecule has 1 atom stereocenters. The lowest BCUT2D eigenvalue weighted by molar-refractivity contribution is 0.645. The van der Waals surface area contributed by atoms with Crippen LogP contribution >= 0.6 is 15.9 Å². The van der Waals surface area contributed by atoms with E-state index < -0.39 is 10.8 Å². The molecule has 0 bridgehead atoms. The number of halogens is 1. The maximum atomic E-state index is 11.4. The third-order valence-electron chi connectivity index (χ3n) is 3.41. The van der Waals surface area contributed by atoms with Crippen LogP contribution in [0.1, 0.15) is 18.5 Å². The first-order valence-electron chi connectivity index (χ1n) is 6.18. The molecule has 1 aliphatic rings. The van der Waals surface area contributed by atoms with Crippen molar-refractivity contribution in [3.63, 3.8) is 0 Å². The van der Waals surface area contributed by atoms with E-state index in [1.165, 1.54) is 11.3 Å². The van der Waals surface area contributed by atoms with Crippen LogP contribution in [-0.4, -0.2) is 35.9 Å². The van der Waals surface area contributed by atoms with E-state index in [9.17, 15) is 4.21 Å². The predicted molar refractivity (Wildman–Crippen MR) is 81.7 cm³/mol. The lowest BCUT2D eigenvalue weighted by atomic mass is 10.1. The fourth-order valence-electron chi connectivity index (χ4n) is 2.19. The summed E-state index contributed by atoms with van der Waals surface area (Å²) < 4.78 is 12.5. The van der Waals surface area contributed by atoms with Crippen LogP contribution in [0.4, 0.5) is 5.69 Å². The first kappa shape index (κ1) is 14.0. The summed E-state index contributed by atoms with van der Waals surface area (Å²) >= 11 is 3.53. The number of hydrogen-bond donors (Lipinski definition) is 1. The first-order chi connectivity index (χ1) is 8.61. The topological polar surface area (TPSA) is 32.3 Å². The van der Waals surface area contributed by atoms with Crippen LogP contribution in [0.3, 0.4) is 0 Å². The second-order valence-corrected chi connectivity index (χ2v) is 7.16. The van der Waals surface area contributed by atoms with Gasteiger partial charge >= 0.3 is 0 Å². The van der Waals surface area contributed by atoms with Crippen LogP contribution in [0.15, 0.2) is 22.7 Å². The smallest absolute Gasteiger partial charge is 0.0415 e. The highest BCUT2D eigenvalue weighted by Gasteiger charge is 2.19. The van der Waals surface area contributed by atoms with Crippen molar-refractivity contribution in [2.24, 2.45) is 0 Å². The van der Waals surface area contributed by atoms with E-state index in [0.717, 1.165) is 29.1 Å². The number of anilines is 1. The monoisotopic (exact) mass is 330 g/mol. The van der Waals surface area contributed by atoms with E-state index in [-0.39, 0.29) is 0 Å². The molecule has 0 radical (unpaired) electrons. The van der Waals surface area contributed by atoms with E-state index in [1.807, 2.05) is 7.05 Å². The molecule has 1 aromatic rings. The number of benzene rings is 1. The summed E-state index contributed by atoms with van der Waals surface area (Å²) in [6, 6.07) is 6.71. The largest absolute Gasteiger partial charge is 0.369 e. The second kappa shape index (κ2) is 6.17. The highest BCUT2D eigenvalue weighted by molar-refractivity contribution is 9.10. The molecule has 3 nitrogen and oxygen atoms in total. The molecule has 0 saturated carbocycles. The van der Waals surface area contributed by atoms with E-state index in [1.54, 1.807) is 0 Å². The average molecular weight is 331 g/mol. The molecular weight excluding hydrogens is 312 g/mol. The zero-order valence-corrected chi connectivity index (χ0v) is 13.2. The summed E-state index contributed by atoms with van der Waals surface area (Å²) in [4.78, 5) is 2.34. The third kappa shape index (κ3) is 3.13. The summed E-state index contributed by atoms with van der Waals surface area (Å²) in [6.07, 6.45) is 0. The lowest BCUT2D eigenvalue weighted by Crippen LogP contribution is -2.38. The Bertz CT molecular complexity index is 443. The Morgan fingerprint density at radius 2 is 2.06 bits per heavy atom. The van der Waals surface area contributed by atoms with Gasteiger partial charge in [0.05, 0.1) is 0 Å². The molecular formula is C13H19BrN2OS. The summed E-state index contributed by atoms with van der Waals surface area (Å²) in [6.45, 7) is 3.93. The van der Waals surface area contributed by atoms with Gasteiger partial charge in [0.25, 0.3) is 0 Å². The quantitative estimate of drug-likeness (QED) is 0.922. The Morgan fingerprint density at radius 3 is 2.67 bits per heavy atom. The first-order valence-corrected chi connectivity index (χ1v) is 8.46. The van der Waals surface area contributed by atoms with Gasteiger partial charge in [-0.2, -0.15) is 0 Å². The van der Waals surface area contributed by atoms with Crippen molar-refractivity contribution in [2.75, 3.05) is 36.5 Å². The van der Waals surface area contributed by atoms with Crippen molar-refractivity contribution in [2.45, 2.75) is 13.0 Å². The SMILES string of the molecule is CNC(C)c1cc(Br)ccc1N1CCS(=O)CC1. The van der Waals surface area contributed by atoms with E-state index in [4.69, 9.17) is 0 Å². The minimum atomic E-state index is -0.625. The molecule has 1 N–H and O–H groups in total. The molecule has 1 aromatic carbocycles. The number of hydrogen-bond acceptors (Lipinski definition) is 3. The maximum Gasteiger partial charge on any atom is 0.0415 e. The van der Waals surface area contributed by atoms with Crippen LogP contribution in [0.5, 0.6) is 0 Å². The third-order valence-corrected chi connectivity index (χ3v) is 5.18. The Balaban J connectivity index is 2.28. The van der Waals surface area contributed by atoms with Gasteiger partial charge in [-0.3, -0.25) is 4.21 Å². The molecule has 18 heavy (non-hydrogen) atoms. The fraction of sp³-hybridized carbons (Fsp3) is 0.538. The van der Waals surface area contributed by atoms with Gasteiger partial charge in [0, 0.05) is 51.6 Å². The molecule has 1 fully saturated rings. The van der Waals surface area contributed by atoms with Crippen molar-refractivity contribution >= 4 is 32.4 Å². The Hall–Kier alpha value is -0.390. The Morgan fingerprint density at radius 1 is 1.39 bits per heavy atom. The predicted octanol–water partition coefficient (Wildman–Crippen LogP) is 2.30. The van der Waals surface area contributed by atoms with E-state index in [2.05, 4.69) is 51.3 Å². The standard InChI is InChI=1S/C13H19BrN2OS/c1-10(15-2)12-9-11(14)3-4-13(12)16-5-7-18(17)8-6-16/h3-4,9-10,15H,5-8H2,1-2H3. The zero-order chi connectivity index (χ0) is 13.1. The normalized spacial score (nSPS) is 18.9. The highest BCUT2D eigenvalue weighted by Crippen LogP contribution is 2.30. The van der Waals surface area contributed by atoms with Gasteiger partial charge in [0.15, 0.2) is 0 Å². The molecule has 0 aromatic heterocycles. The van der Waals surface area contributed by atoms with Gasteiger partial charge < -0.3 is 10.2 Å². The molecule has 1 unspecified atom stereocenters.